The van der Waals surface area contributed by atoms with Crippen LogP contribution < -0.4 is 20.9 Å². The van der Waals surface area contributed by atoms with Crippen molar-refractivity contribution in [1.29, 1.82) is 0 Å². The summed E-state index contributed by atoms with van der Waals surface area (Å²) in [6.07, 6.45) is 2.71. The number of nitrogen functional groups attached to an aromatic ring is 1. The molecule has 5 rings (SSSR count). The van der Waals surface area contributed by atoms with Crippen LogP contribution in [0.25, 0.3) is 11.2 Å². The van der Waals surface area contributed by atoms with Crippen LogP contribution >= 0.6 is 6.64 Å². The number of hydrogen-bond donors (Lipinski definition) is 5. The maximum Gasteiger partial charge on any atom is 0.323 e. The van der Waals surface area contributed by atoms with Gasteiger partial charge in [0.25, 0.3) is 5.56 Å². The molecule has 6 N–H and O–H groups in total. The largest absolute Gasteiger partial charge is 0.462 e. The SMILES string of the molecule is C#C[C@]1(O)[C@H](n2cnc3c(=O)[nH]c(N)nc32)O[C@@H]2C(OP(=S)(NC(C)C(=O)OC(C)C)Oc3ccccc3)[C@@]21O. The molecule has 1 saturated carbocycles. The number of nitrogens with two attached hydrogens (primary N) is 1. The van der Waals surface area contributed by atoms with Gasteiger partial charge in [0.15, 0.2) is 23.0 Å². The van der Waals surface area contributed by atoms with E-state index in [0.717, 1.165) is 0 Å². The fourth-order valence-corrected chi connectivity index (χ4v) is 7.25. The minimum absolute atomic E-state index is 0.0148. The predicted molar refractivity (Wildman–Crippen MR) is 145 cm³/mol. The zero-order chi connectivity index (χ0) is 29.0. The third-order valence-corrected chi connectivity index (χ3v) is 8.94. The highest BCUT2D eigenvalue weighted by Crippen LogP contribution is 2.65. The Morgan fingerprint density at radius 2 is 2.05 bits per heavy atom. The minimum atomic E-state index is -3.61. The normalized spacial score (nSPS) is 29.4. The van der Waals surface area contributed by atoms with E-state index in [0.29, 0.717) is 5.75 Å². The van der Waals surface area contributed by atoms with Crippen LogP contribution in [0.1, 0.15) is 27.0 Å². The zero-order valence-electron chi connectivity index (χ0n) is 21.5. The fourth-order valence-electron chi connectivity index (χ4n) is 4.53. The van der Waals surface area contributed by atoms with Crippen LogP contribution in [0.2, 0.25) is 0 Å². The molecule has 3 heterocycles. The second-order valence-corrected chi connectivity index (χ2v) is 12.8. The molecule has 1 aromatic carbocycles. The molecule has 0 amide bonds. The number of aliphatic hydroxyl groups is 2. The van der Waals surface area contributed by atoms with Crippen LogP contribution in [-0.2, 0) is 30.6 Å². The molecule has 2 aromatic heterocycles. The molecule has 0 bridgehead atoms. The van der Waals surface area contributed by atoms with Crippen LogP contribution in [-0.4, -0.2) is 71.3 Å². The molecule has 1 aliphatic carbocycles. The molecular formula is C24H27N6O8PS. The number of hydrogen-bond acceptors (Lipinski definition) is 12. The van der Waals surface area contributed by atoms with Crippen molar-refractivity contribution in [3.05, 3.63) is 47.0 Å². The third kappa shape index (κ3) is 4.57. The molecule has 212 valence electrons. The number of fused-ring (bicyclic) bond motifs is 2. The molecule has 2 fully saturated rings. The number of aromatic amines is 1. The number of nitrogens with zero attached hydrogens (tertiary/aromatic N) is 3. The Morgan fingerprint density at radius 3 is 2.70 bits per heavy atom. The summed E-state index contributed by atoms with van der Waals surface area (Å²) in [7, 11) is 0. The quantitative estimate of drug-likeness (QED) is 0.130. The number of H-pyrrole nitrogens is 1. The van der Waals surface area contributed by atoms with Gasteiger partial charge in [-0.05, 0) is 44.7 Å². The van der Waals surface area contributed by atoms with Gasteiger partial charge in [0.1, 0.15) is 24.0 Å². The number of carbonyl (C=O) groups is 1. The van der Waals surface area contributed by atoms with Crippen molar-refractivity contribution in [3.63, 3.8) is 0 Å². The highest BCUT2D eigenvalue weighted by Gasteiger charge is 2.85. The molecule has 14 nitrogen and oxygen atoms in total. The lowest BCUT2D eigenvalue weighted by molar-refractivity contribution is -0.149. The molecule has 2 aliphatic rings. The topological polar surface area (TPSA) is 196 Å². The lowest BCUT2D eigenvalue weighted by Crippen LogP contribution is -2.50. The van der Waals surface area contributed by atoms with Gasteiger partial charge in [0, 0.05) is 0 Å². The Kier molecular flexibility index (Phi) is 7.00. The molecule has 3 unspecified atom stereocenters. The van der Waals surface area contributed by atoms with Crippen LogP contribution in [0.15, 0.2) is 41.5 Å². The molecule has 7 atom stereocenters. The number of carbonyl (C=O) groups excluding carboxylic acids is 1. The van der Waals surface area contributed by atoms with E-state index in [2.05, 4.69) is 26.0 Å². The zero-order valence-corrected chi connectivity index (χ0v) is 23.3. The summed E-state index contributed by atoms with van der Waals surface area (Å²) in [6.45, 7) is 1.32. The summed E-state index contributed by atoms with van der Waals surface area (Å²) in [5.41, 5.74) is 0.443. The van der Waals surface area contributed by atoms with Gasteiger partial charge in [0.05, 0.1) is 12.4 Å². The van der Waals surface area contributed by atoms with Gasteiger partial charge < -0.3 is 29.9 Å². The summed E-state index contributed by atoms with van der Waals surface area (Å²) in [6, 6.07) is 7.55. The van der Waals surface area contributed by atoms with Gasteiger partial charge in [-0.1, -0.05) is 24.1 Å². The van der Waals surface area contributed by atoms with Crippen LogP contribution in [0.3, 0.4) is 0 Å². The molecule has 3 aromatic rings. The summed E-state index contributed by atoms with van der Waals surface area (Å²) < 4.78 is 24.5. The van der Waals surface area contributed by atoms with Gasteiger partial charge in [-0.2, -0.15) is 4.98 Å². The fraction of sp³-hybridized carbons (Fsp3) is 0.417. The average molecular weight is 591 g/mol. The van der Waals surface area contributed by atoms with Crippen LogP contribution in [0.5, 0.6) is 5.75 Å². The molecule has 40 heavy (non-hydrogen) atoms. The van der Waals surface area contributed by atoms with Crippen LogP contribution in [0.4, 0.5) is 5.95 Å². The summed E-state index contributed by atoms with van der Waals surface area (Å²) in [5, 5.41) is 26.1. The van der Waals surface area contributed by atoms with E-state index in [-0.39, 0.29) is 23.2 Å². The number of anilines is 1. The smallest absolute Gasteiger partial charge is 0.323 e. The number of para-hydroxylation sites is 1. The van der Waals surface area contributed by atoms with Crippen molar-refractivity contribution in [2.45, 2.75) is 62.6 Å². The second-order valence-electron chi connectivity index (χ2n) is 9.68. The predicted octanol–water partition coefficient (Wildman–Crippen LogP) is 0.327. The van der Waals surface area contributed by atoms with Crippen molar-refractivity contribution in [1.82, 2.24) is 24.6 Å². The van der Waals surface area contributed by atoms with E-state index in [1.54, 1.807) is 44.2 Å². The van der Waals surface area contributed by atoms with E-state index < -0.39 is 53.9 Å². The van der Waals surface area contributed by atoms with E-state index in [1.165, 1.54) is 17.8 Å². The standard InChI is InChI=1S/C24H27N6O8PS/c1-5-23(33)21(30-11-26-15-18(30)27-22(25)28-19(15)31)36-16-17(24(16,23)34)38-39(40,37-14-9-7-6-8-10-14)29-13(4)20(32)35-12(2)3/h1,6-13,16-17,21,33-34H,2-4H3,(H,29,40)(H3,25,27,28,31)/t13?,16-,17?,21-,23+,24+,39?/m1/s1. The Labute approximate surface area is 233 Å². The van der Waals surface area contributed by atoms with Crippen molar-refractivity contribution >= 4 is 41.5 Å². The number of ether oxygens (including phenoxy) is 2. The lowest BCUT2D eigenvalue weighted by atomic mass is 9.94. The van der Waals surface area contributed by atoms with E-state index >= 15 is 0 Å². The first-order valence-electron chi connectivity index (χ1n) is 12.1. The van der Waals surface area contributed by atoms with E-state index in [9.17, 15) is 19.8 Å². The average Bonchev–Trinajstić information content (AvgIpc) is 3.14. The molecule has 0 spiro atoms. The maximum atomic E-state index is 12.5. The first-order chi connectivity index (χ1) is 18.8. The molecular weight excluding hydrogens is 563 g/mol. The molecule has 1 aliphatic heterocycles. The summed E-state index contributed by atoms with van der Waals surface area (Å²) in [5.74, 6) is 1.75. The first kappa shape index (κ1) is 28.2. The number of imidazole rings is 1. The second kappa shape index (κ2) is 9.93. The molecule has 0 radical (unpaired) electrons. The Morgan fingerprint density at radius 1 is 1.35 bits per heavy atom. The van der Waals surface area contributed by atoms with Gasteiger partial charge in [-0.15, -0.1) is 6.42 Å². The van der Waals surface area contributed by atoms with Crippen LogP contribution in [0, 0.1) is 12.3 Å². The third-order valence-electron chi connectivity index (χ3n) is 6.48. The first-order valence-corrected chi connectivity index (χ1v) is 14.8. The van der Waals surface area contributed by atoms with Crippen molar-refractivity contribution in [3.8, 4) is 18.1 Å². The Bertz CT molecular complexity index is 1610. The molecule has 16 heteroatoms. The highest BCUT2D eigenvalue weighted by molar-refractivity contribution is 8.09. The van der Waals surface area contributed by atoms with Gasteiger partial charge in [0.2, 0.25) is 11.5 Å². The van der Waals surface area contributed by atoms with Gasteiger partial charge >= 0.3 is 12.6 Å². The van der Waals surface area contributed by atoms with Crippen molar-refractivity contribution in [2.24, 2.45) is 0 Å². The number of terminal acetylenes is 1. The van der Waals surface area contributed by atoms with E-state index in [1.807, 2.05) is 0 Å². The Balaban J connectivity index is 1.44. The van der Waals surface area contributed by atoms with Crippen molar-refractivity contribution in [2.75, 3.05) is 5.73 Å². The number of benzene rings is 1. The van der Waals surface area contributed by atoms with E-state index in [4.69, 9.17) is 42.5 Å². The summed E-state index contributed by atoms with van der Waals surface area (Å²) in [4.78, 5) is 35.1. The van der Waals surface area contributed by atoms with Gasteiger partial charge in [-0.25, -0.2) is 10.1 Å². The maximum absolute atomic E-state index is 12.5. The number of rotatable bonds is 9. The Hall–Kier alpha value is -3.35. The number of aromatic nitrogens is 4. The monoisotopic (exact) mass is 590 g/mol. The molecule has 1 saturated heterocycles. The van der Waals surface area contributed by atoms with Crippen molar-refractivity contribution < 1.29 is 33.5 Å². The summed E-state index contributed by atoms with van der Waals surface area (Å²) >= 11 is 5.72. The number of nitrogens with one attached hydrogen (secondary N) is 2. The minimum Gasteiger partial charge on any atom is -0.462 e. The lowest BCUT2D eigenvalue weighted by Gasteiger charge is -2.33. The van der Waals surface area contributed by atoms with Gasteiger partial charge in [-0.3, -0.25) is 23.7 Å². The number of esters is 1. The highest BCUT2D eigenvalue weighted by atomic mass is 32.5.